The predicted octanol–water partition coefficient (Wildman–Crippen LogP) is 4.07. The van der Waals surface area contributed by atoms with Crippen molar-refractivity contribution in [2.45, 2.75) is 0 Å². The second kappa shape index (κ2) is 6.22. The number of ether oxygens (including phenoxy) is 1. The molecule has 0 radical (unpaired) electrons. The van der Waals surface area contributed by atoms with Crippen LogP contribution >= 0.6 is 11.6 Å². The second-order valence-corrected chi connectivity index (χ2v) is 5.15. The Bertz CT molecular complexity index is 842. The number of aromatic nitrogens is 2. The molecular weight excluding hydrogens is 319 g/mol. The number of hydrogen-bond acceptors (Lipinski definition) is 3. The van der Waals surface area contributed by atoms with Crippen LogP contribution in [0.3, 0.4) is 0 Å². The van der Waals surface area contributed by atoms with Gasteiger partial charge in [-0.25, -0.2) is 9.07 Å². The molecule has 2 aromatic carbocycles. The SMILES string of the molecule is COc1ccc(-c2cc(C(=O)Cl)nn2-c2ccc(F)cc2)cc1. The highest BCUT2D eigenvalue weighted by atomic mass is 35.5. The molecule has 0 aliphatic heterocycles. The van der Waals surface area contributed by atoms with Gasteiger partial charge in [0.05, 0.1) is 18.5 Å². The monoisotopic (exact) mass is 330 g/mol. The first-order valence-electron chi connectivity index (χ1n) is 6.79. The molecule has 4 nitrogen and oxygen atoms in total. The Hall–Kier alpha value is -2.66. The molecule has 0 fully saturated rings. The van der Waals surface area contributed by atoms with E-state index < -0.39 is 5.24 Å². The number of hydrogen-bond donors (Lipinski definition) is 0. The van der Waals surface area contributed by atoms with Gasteiger partial charge in [-0.15, -0.1) is 0 Å². The standard InChI is InChI=1S/C17H12ClFN2O2/c1-23-14-8-2-11(3-9-14)16-10-15(17(18)22)20-21(16)13-6-4-12(19)5-7-13/h2-10H,1H3. The highest BCUT2D eigenvalue weighted by Crippen LogP contribution is 2.26. The number of nitrogens with zero attached hydrogens (tertiary/aromatic N) is 2. The molecule has 6 heteroatoms. The molecule has 0 saturated carbocycles. The van der Waals surface area contributed by atoms with Crippen molar-refractivity contribution in [3.8, 4) is 22.7 Å². The zero-order valence-electron chi connectivity index (χ0n) is 12.2. The molecule has 0 unspecified atom stereocenters. The van der Waals surface area contributed by atoms with Crippen molar-refractivity contribution in [2.75, 3.05) is 7.11 Å². The van der Waals surface area contributed by atoms with E-state index in [-0.39, 0.29) is 11.5 Å². The van der Waals surface area contributed by atoms with Gasteiger partial charge in [-0.1, -0.05) is 0 Å². The number of rotatable bonds is 4. The van der Waals surface area contributed by atoms with Crippen LogP contribution in [0.5, 0.6) is 5.75 Å². The second-order valence-electron chi connectivity index (χ2n) is 4.81. The predicted molar refractivity (Wildman–Crippen MR) is 85.7 cm³/mol. The minimum atomic E-state index is -0.652. The van der Waals surface area contributed by atoms with E-state index in [0.717, 1.165) is 11.3 Å². The minimum absolute atomic E-state index is 0.127. The average Bonchev–Trinajstić information content (AvgIpc) is 3.01. The van der Waals surface area contributed by atoms with Crippen molar-refractivity contribution in [1.29, 1.82) is 0 Å². The molecule has 0 spiro atoms. The van der Waals surface area contributed by atoms with Crippen molar-refractivity contribution in [3.63, 3.8) is 0 Å². The average molecular weight is 331 g/mol. The van der Waals surface area contributed by atoms with Gasteiger partial charge in [-0.3, -0.25) is 4.79 Å². The van der Waals surface area contributed by atoms with E-state index in [2.05, 4.69) is 5.10 Å². The fraction of sp³-hybridized carbons (Fsp3) is 0.0588. The van der Waals surface area contributed by atoms with Crippen LogP contribution in [0, 0.1) is 5.82 Å². The Labute approximate surface area is 137 Å². The summed E-state index contributed by atoms with van der Waals surface area (Å²) in [7, 11) is 1.59. The van der Waals surface area contributed by atoms with E-state index in [4.69, 9.17) is 16.3 Å². The van der Waals surface area contributed by atoms with Gasteiger partial charge in [0.1, 0.15) is 17.3 Å². The molecule has 1 aromatic heterocycles. The zero-order chi connectivity index (χ0) is 16.4. The maximum absolute atomic E-state index is 13.1. The molecule has 0 bridgehead atoms. The van der Waals surface area contributed by atoms with E-state index in [9.17, 15) is 9.18 Å². The summed E-state index contributed by atoms with van der Waals surface area (Å²) in [6.07, 6.45) is 0. The highest BCUT2D eigenvalue weighted by molar-refractivity contribution is 6.67. The number of carbonyl (C=O) groups excluding carboxylic acids is 1. The lowest BCUT2D eigenvalue weighted by Gasteiger charge is -2.08. The Morgan fingerprint density at radius 3 is 2.35 bits per heavy atom. The van der Waals surface area contributed by atoms with Crippen LogP contribution < -0.4 is 4.74 Å². The highest BCUT2D eigenvalue weighted by Gasteiger charge is 2.15. The summed E-state index contributed by atoms with van der Waals surface area (Å²) >= 11 is 5.54. The minimum Gasteiger partial charge on any atom is -0.497 e. The summed E-state index contributed by atoms with van der Waals surface area (Å²) in [6.45, 7) is 0. The van der Waals surface area contributed by atoms with Gasteiger partial charge in [0, 0.05) is 5.56 Å². The fourth-order valence-electron chi connectivity index (χ4n) is 2.22. The third-order valence-electron chi connectivity index (χ3n) is 3.37. The lowest BCUT2D eigenvalue weighted by Crippen LogP contribution is -2.00. The van der Waals surface area contributed by atoms with Crippen molar-refractivity contribution < 1.29 is 13.9 Å². The summed E-state index contributed by atoms with van der Waals surface area (Å²) < 4.78 is 19.8. The lowest BCUT2D eigenvalue weighted by atomic mass is 10.1. The number of halogens is 2. The number of carbonyl (C=O) groups is 1. The van der Waals surface area contributed by atoms with Gasteiger partial charge in [0.2, 0.25) is 0 Å². The molecule has 0 aliphatic rings. The molecule has 23 heavy (non-hydrogen) atoms. The first-order valence-corrected chi connectivity index (χ1v) is 7.16. The summed E-state index contributed by atoms with van der Waals surface area (Å²) in [5.41, 5.74) is 2.25. The molecule has 0 amide bonds. The first-order chi connectivity index (χ1) is 11.1. The van der Waals surface area contributed by atoms with Crippen LogP contribution in [-0.4, -0.2) is 22.1 Å². The number of methoxy groups -OCH3 is 1. The maximum atomic E-state index is 13.1. The quantitative estimate of drug-likeness (QED) is 0.677. The molecule has 0 saturated heterocycles. The Balaban J connectivity index is 2.13. The van der Waals surface area contributed by atoms with Gasteiger partial charge in [0.15, 0.2) is 0 Å². The van der Waals surface area contributed by atoms with Gasteiger partial charge in [-0.2, -0.15) is 5.10 Å². The van der Waals surface area contributed by atoms with Crippen LogP contribution in [0.2, 0.25) is 0 Å². The van der Waals surface area contributed by atoms with Crippen molar-refractivity contribution in [3.05, 3.63) is 66.1 Å². The Morgan fingerprint density at radius 2 is 1.78 bits per heavy atom. The van der Waals surface area contributed by atoms with Crippen molar-refractivity contribution >= 4 is 16.8 Å². The smallest absolute Gasteiger partial charge is 0.272 e. The van der Waals surface area contributed by atoms with E-state index in [1.54, 1.807) is 42.1 Å². The molecule has 0 aliphatic carbocycles. The van der Waals surface area contributed by atoms with E-state index >= 15 is 0 Å². The van der Waals surface area contributed by atoms with E-state index in [1.807, 2.05) is 12.1 Å². The van der Waals surface area contributed by atoms with Crippen molar-refractivity contribution in [1.82, 2.24) is 9.78 Å². The maximum Gasteiger partial charge on any atom is 0.272 e. The van der Waals surface area contributed by atoms with E-state index in [1.165, 1.54) is 12.1 Å². The largest absolute Gasteiger partial charge is 0.497 e. The molecule has 3 aromatic rings. The van der Waals surface area contributed by atoms with Crippen LogP contribution in [0.25, 0.3) is 16.9 Å². The molecule has 0 atom stereocenters. The van der Waals surface area contributed by atoms with Crippen LogP contribution in [0.1, 0.15) is 10.5 Å². The summed E-state index contributed by atoms with van der Waals surface area (Å²) in [6, 6.07) is 14.7. The Kier molecular flexibility index (Phi) is 4.12. The lowest BCUT2D eigenvalue weighted by molar-refractivity contribution is 0.107. The fourth-order valence-corrected chi connectivity index (χ4v) is 2.32. The molecule has 116 valence electrons. The van der Waals surface area contributed by atoms with Gasteiger partial charge < -0.3 is 4.74 Å². The van der Waals surface area contributed by atoms with Gasteiger partial charge in [0.25, 0.3) is 5.24 Å². The molecule has 1 heterocycles. The van der Waals surface area contributed by atoms with E-state index in [0.29, 0.717) is 11.4 Å². The summed E-state index contributed by atoms with van der Waals surface area (Å²) in [5.74, 6) is 0.371. The zero-order valence-corrected chi connectivity index (χ0v) is 12.9. The molecular formula is C17H12ClFN2O2. The van der Waals surface area contributed by atoms with Gasteiger partial charge >= 0.3 is 0 Å². The first kappa shape index (κ1) is 15.2. The topological polar surface area (TPSA) is 44.1 Å². The number of benzene rings is 2. The third kappa shape index (κ3) is 3.10. The van der Waals surface area contributed by atoms with Crippen LogP contribution in [-0.2, 0) is 0 Å². The van der Waals surface area contributed by atoms with Gasteiger partial charge in [-0.05, 0) is 66.2 Å². The normalized spacial score (nSPS) is 10.6. The van der Waals surface area contributed by atoms with Crippen LogP contribution in [0.4, 0.5) is 4.39 Å². The molecule has 0 N–H and O–H groups in total. The summed E-state index contributed by atoms with van der Waals surface area (Å²) in [5, 5.41) is 3.56. The third-order valence-corrected chi connectivity index (χ3v) is 3.56. The summed E-state index contributed by atoms with van der Waals surface area (Å²) in [4.78, 5) is 11.4. The molecule has 3 rings (SSSR count). The Morgan fingerprint density at radius 1 is 1.13 bits per heavy atom. The van der Waals surface area contributed by atoms with Crippen LogP contribution in [0.15, 0.2) is 54.6 Å². The van der Waals surface area contributed by atoms with Crippen molar-refractivity contribution in [2.24, 2.45) is 0 Å².